The van der Waals surface area contributed by atoms with Crippen molar-refractivity contribution in [2.24, 2.45) is 0 Å². The highest BCUT2D eigenvalue weighted by Crippen LogP contribution is 2.35. The van der Waals surface area contributed by atoms with E-state index >= 15 is 0 Å². The van der Waals surface area contributed by atoms with Gasteiger partial charge in [-0.3, -0.25) is 0 Å². The largest absolute Gasteiger partial charge is 0.416 e. The molecule has 0 spiro atoms. The fourth-order valence-corrected chi connectivity index (χ4v) is 2.55. The molecule has 1 aromatic rings. The minimum Gasteiger partial charge on any atom is -0.372 e. The zero-order chi connectivity index (χ0) is 14.6. The SMILES string of the molecule is CCCNCc1ccc(N2CCCC2)cc1C(F)(F)F. The van der Waals surface area contributed by atoms with E-state index in [4.69, 9.17) is 0 Å². The Morgan fingerprint density at radius 2 is 1.90 bits per heavy atom. The predicted octanol–water partition coefficient (Wildman–Crippen LogP) is 3.81. The fourth-order valence-electron chi connectivity index (χ4n) is 2.55. The lowest BCUT2D eigenvalue weighted by molar-refractivity contribution is -0.138. The third-order valence-electron chi connectivity index (χ3n) is 3.61. The Balaban J connectivity index is 2.23. The number of hydrogen-bond donors (Lipinski definition) is 1. The quantitative estimate of drug-likeness (QED) is 0.828. The van der Waals surface area contributed by atoms with Gasteiger partial charge >= 0.3 is 6.18 Å². The second-order valence-electron chi connectivity index (χ2n) is 5.21. The molecule has 20 heavy (non-hydrogen) atoms. The van der Waals surface area contributed by atoms with Gasteiger partial charge in [0.15, 0.2) is 0 Å². The molecule has 1 aliphatic rings. The van der Waals surface area contributed by atoms with Gasteiger partial charge in [0.05, 0.1) is 5.56 Å². The highest BCUT2D eigenvalue weighted by molar-refractivity contribution is 5.52. The van der Waals surface area contributed by atoms with Crippen molar-refractivity contribution in [3.05, 3.63) is 29.3 Å². The number of halogens is 3. The Bertz CT molecular complexity index is 437. The monoisotopic (exact) mass is 286 g/mol. The van der Waals surface area contributed by atoms with Crippen LogP contribution in [0.25, 0.3) is 0 Å². The first-order valence-electron chi connectivity index (χ1n) is 7.18. The molecule has 2 nitrogen and oxygen atoms in total. The van der Waals surface area contributed by atoms with Crippen molar-refractivity contribution in [1.29, 1.82) is 0 Å². The molecule has 0 bridgehead atoms. The van der Waals surface area contributed by atoms with E-state index in [-0.39, 0.29) is 6.54 Å². The van der Waals surface area contributed by atoms with Crippen molar-refractivity contribution in [3.8, 4) is 0 Å². The van der Waals surface area contributed by atoms with Gasteiger partial charge in [0.2, 0.25) is 0 Å². The molecule has 1 N–H and O–H groups in total. The van der Waals surface area contributed by atoms with Crippen LogP contribution in [0.15, 0.2) is 18.2 Å². The first-order chi connectivity index (χ1) is 9.52. The molecule has 0 unspecified atom stereocenters. The second kappa shape index (κ2) is 6.48. The van der Waals surface area contributed by atoms with E-state index < -0.39 is 11.7 Å². The van der Waals surface area contributed by atoms with Gasteiger partial charge in [-0.25, -0.2) is 0 Å². The standard InChI is InChI=1S/C15H21F3N2/c1-2-7-19-11-12-5-6-13(20-8-3-4-9-20)10-14(12)15(16,17)18/h5-6,10,19H,2-4,7-9,11H2,1H3. The number of benzene rings is 1. The molecule has 0 saturated carbocycles. The van der Waals surface area contributed by atoms with Gasteiger partial charge in [-0.15, -0.1) is 0 Å². The number of hydrogen-bond acceptors (Lipinski definition) is 2. The Kier molecular flexibility index (Phi) is 4.91. The average molecular weight is 286 g/mol. The van der Waals surface area contributed by atoms with E-state index in [1.807, 2.05) is 17.9 Å². The smallest absolute Gasteiger partial charge is 0.372 e. The molecule has 5 heteroatoms. The van der Waals surface area contributed by atoms with Gasteiger partial charge < -0.3 is 10.2 Å². The molecule has 2 rings (SSSR count). The number of nitrogens with one attached hydrogen (secondary N) is 1. The van der Waals surface area contributed by atoms with Gasteiger partial charge in [-0.2, -0.15) is 13.2 Å². The highest BCUT2D eigenvalue weighted by atomic mass is 19.4. The van der Waals surface area contributed by atoms with E-state index in [1.165, 1.54) is 6.07 Å². The Hall–Kier alpha value is -1.23. The first-order valence-corrected chi connectivity index (χ1v) is 7.18. The molecule has 0 atom stereocenters. The summed E-state index contributed by atoms with van der Waals surface area (Å²) in [5, 5.41) is 3.04. The summed E-state index contributed by atoms with van der Waals surface area (Å²) in [6.07, 6.45) is -1.27. The Morgan fingerprint density at radius 1 is 1.20 bits per heavy atom. The molecule has 1 fully saturated rings. The molecule has 1 heterocycles. The lowest BCUT2D eigenvalue weighted by Gasteiger charge is -2.21. The van der Waals surface area contributed by atoms with Crippen molar-refractivity contribution in [2.45, 2.75) is 38.9 Å². The van der Waals surface area contributed by atoms with E-state index in [2.05, 4.69) is 5.32 Å². The van der Waals surface area contributed by atoms with Crippen LogP contribution in [0.2, 0.25) is 0 Å². The predicted molar refractivity (Wildman–Crippen MR) is 74.9 cm³/mol. The Labute approximate surface area is 118 Å². The molecule has 0 aromatic heterocycles. The Morgan fingerprint density at radius 3 is 2.50 bits per heavy atom. The molecule has 1 aliphatic heterocycles. The fraction of sp³-hybridized carbons (Fsp3) is 0.600. The van der Waals surface area contributed by atoms with Crippen LogP contribution in [0.4, 0.5) is 18.9 Å². The van der Waals surface area contributed by atoms with Crippen LogP contribution in [-0.2, 0) is 12.7 Å². The molecule has 112 valence electrons. The van der Waals surface area contributed by atoms with Gasteiger partial charge in [0, 0.05) is 25.3 Å². The second-order valence-corrected chi connectivity index (χ2v) is 5.21. The van der Waals surface area contributed by atoms with E-state index in [9.17, 15) is 13.2 Å². The maximum absolute atomic E-state index is 13.2. The van der Waals surface area contributed by atoms with Crippen LogP contribution >= 0.6 is 0 Å². The van der Waals surface area contributed by atoms with Crippen LogP contribution in [0.1, 0.15) is 37.3 Å². The van der Waals surface area contributed by atoms with Crippen molar-refractivity contribution in [3.63, 3.8) is 0 Å². The zero-order valence-electron chi connectivity index (χ0n) is 11.8. The average Bonchev–Trinajstić information content (AvgIpc) is 2.92. The zero-order valence-corrected chi connectivity index (χ0v) is 11.8. The number of anilines is 1. The topological polar surface area (TPSA) is 15.3 Å². The van der Waals surface area contributed by atoms with Crippen molar-refractivity contribution in [1.82, 2.24) is 5.32 Å². The van der Waals surface area contributed by atoms with Crippen LogP contribution in [0.5, 0.6) is 0 Å². The third kappa shape index (κ3) is 3.66. The minimum absolute atomic E-state index is 0.267. The number of alkyl halides is 3. The van der Waals surface area contributed by atoms with Crippen molar-refractivity contribution < 1.29 is 13.2 Å². The maximum Gasteiger partial charge on any atom is 0.416 e. The number of nitrogens with zero attached hydrogens (tertiary/aromatic N) is 1. The van der Waals surface area contributed by atoms with Crippen LogP contribution < -0.4 is 10.2 Å². The summed E-state index contributed by atoms with van der Waals surface area (Å²) >= 11 is 0. The highest BCUT2D eigenvalue weighted by Gasteiger charge is 2.34. The van der Waals surface area contributed by atoms with E-state index in [1.54, 1.807) is 6.07 Å². The van der Waals surface area contributed by atoms with E-state index in [0.717, 1.165) is 38.9 Å². The lowest BCUT2D eigenvalue weighted by Crippen LogP contribution is -2.21. The van der Waals surface area contributed by atoms with Crippen LogP contribution in [0.3, 0.4) is 0 Å². The van der Waals surface area contributed by atoms with E-state index in [0.29, 0.717) is 11.3 Å². The molecule has 1 aromatic carbocycles. The summed E-state index contributed by atoms with van der Waals surface area (Å²) in [7, 11) is 0. The van der Waals surface area contributed by atoms with Crippen LogP contribution in [0, 0.1) is 0 Å². The summed E-state index contributed by atoms with van der Waals surface area (Å²) in [6, 6.07) is 4.72. The van der Waals surface area contributed by atoms with Crippen molar-refractivity contribution in [2.75, 3.05) is 24.5 Å². The maximum atomic E-state index is 13.2. The molecular formula is C15H21F3N2. The first kappa shape index (κ1) is 15.2. The van der Waals surface area contributed by atoms with Gasteiger partial charge in [0.1, 0.15) is 0 Å². The summed E-state index contributed by atoms with van der Waals surface area (Å²) in [6.45, 7) is 4.69. The molecule has 0 amide bonds. The summed E-state index contributed by atoms with van der Waals surface area (Å²) in [4.78, 5) is 2.03. The van der Waals surface area contributed by atoms with Gasteiger partial charge in [-0.05, 0) is 43.5 Å². The third-order valence-corrected chi connectivity index (χ3v) is 3.61. The molecule has 0 radical (unpaired) electrons. The molecule has 0 aliphatic carbocycles. The normalized spacial score (nSPS) is 15.9. The summed E-state index contributed by atoms with van der Waals surface area (Å²) in [5.41, 5.74) is 0.508. The summed E-state index contributed by atoms with van der Waals surface area (Å²) < 4.78 is 39.5. The molecular weight excluding hydrogens is 265 g/mol. The van der Waals surface area contributed by atoms with Gasteiger partial charge in [-0.1, -0.05) is 13.0 Å². The minimum atomic E-state index is -4.29. The van der Waals surface area contributed by atoms with Crippen molar-refractivity contribution >= 4 is 5.69 Å². The van der Waals surface area contributed by atoms with Gasteiger partial charge in [0.25, 0.3) is 0 Å². The lowest BCUT2D eigenvalue weighted by atomic mass is 10.1. The van der Waals surface area contributed by atoms with Crippen LogP contribution in [-0.4, -0.2) is 19.6 Å². The summed E-state index contributed by atoms with van der Waals surface area (Å²) in [5.74, 6) is 0. The number of rotatable bonds is 5. The molecule has 1 saturated heterocycles.